The molecule has 2 rings (SSSR count). The van der Waals surface area contributed by atoms with Crippen molar-refractivity contribution in [1.29, 1.82) is 0 Å². The predicted octanol–water partition coefficient (Wildman–Crippen LogP) is 4.27. The van der Waals surface area contributed by atoms with Crippen LogP contribution in [-0.2, 0) is 5.60 Å². The van der Waals surface area contributed by atoms with Gasteiger partial charge in [0.05, 0.1) is 5.60 Å². The average Bonchev–Trinajstić information content (AvgIpc) is 2.22. The summed E-state index contributed by atoms with van der Waals surface area (Å²) in [5.74, 6) is -0.407. The predicted molar refractivity (Wildman–Crippen MR) is 67.6 cm³/mol. The molecule has 0 aliphatic heterocycles. The van der Waals surface area contributed by atoms with E-state index in [0.29, 0.717) is 17.0 Å². The minimum atomic E-state index is -1.08. The Morgan fingerprint density at radius 1 is 1.24 bits per heavy atom. The van der Waals surface area contributed by atoms with E-state index in [1.165, 1.54) is 6.07 Å². The number of rotatable bonds is 1. The zero-order valence-corrected chi connectivity index (χ0v) is 11.0. The van der Waals surface area contributed by atoms with Gasteiger partial charge in [-0.2, -0.15) is 0 Å². The molecule has 1 nitrogen and oxygen atoms in total. The van der Waals surface area contributed by atoms with Gasteiger partial charge in [-0.25, -0.2) is 4.39 Å². The van der Waals surface area contributed by atoms with Gasteiger partial charge in [0.25, 0.3) is 0 Å². The van der Waals surface area contributed by atoms with Crippen molar-refractivity contribution < 1.29 is 9.50 Å². The molecule has 0 aromatic heterocycles. The van der Waals surface area contributed by atoms with Crippen LogP contribution in [0.15, 0.2) is 18.2 Å². The van der Waals surface area contributed by atoms with Crippen molar-refractivity contribution in [1.82, 2.24) is 0 Å². The van der Waals surface area contributed by atoms with Crippen LogP contribution in [0, 0.1) is 11.2 Å². The monoisotopic (exact) mass is 256 g/mol. The van der Waals surface area contributed by atoms with Gasteiger partial charge in [-0.3, -0.25) is 0 Å². The molecule has 1 aromatic rings. The van der Waals surface area contributed by atoms with Crippen LogP contribution < -0.4 is 0 Å². The van der Waals surface area contributed by atoms with Crippen LogP contribution in [0.2, 0.25) is 5.02 Å². The Kier molecular flexibility index (Phi) is 3.21. The summed E-state index contributed by atoms with van der Waals surface area (Å²) >= 11 is 5.75. The summed E-state index contributed by atoms with van der Waals surface area (Å²) in [4.78, 5) is 0. The number of aliphatic hydroxyl groups is 1. The molecule has 1 aliphatic carbocycles. The number of hydrogen-bond donors (Lipinski definition) is 1. The summed E-state index contributed by atoms with van der Waals surface area (Å²) in [5, 5.41) is 11.2. The SMILES string of the molecule is CC1(C)CCCCC1(O)c1ccc(Cl)cc1F. The molecule has 0 saturated heterocycles. The number of hydrogen-bond acceptors (Lipinski definition) is 1. The summed E-state index contributed by atoms with van der Waals surface area (Å²) < 4.78 is 14.0. The highest BCUT2D eigenvalue weighted by atomic mass is 35.5. The van der Waals surface area contributed by atoms with Crippen LogP contribution in [0.25, 0.3) is 0 Å². The molecule has 1 aromatic carbocycles. The van der Waals surface area contributed by atoms with Gasteiger partial charge in [-0.05, 0) is 30.4 Å². The lowest BCUT2D eigenvalue weighted by Crippen LogP contribution is -2.45. The lowest BCUT2D eigenvalue weighted by atomic mass is 9.62. The fourth-order valence-electron chi connectivity index (χ4n) is 2.82. The largest absolute Gasteiger partial charge is 0.384 e. The van der Waals surface area contributed by atoms with Gasteiger partial charge in [0, 0.05) is 10.6 Å². The van der Waals surface area contributed by atoms with Crippen molar-refractivity contribution in [3.8, 4) is 0 Å². The van der Waals surface area contributed by atoms with E-state index in [1.807, 2.05) is 13.8 Å². The fourth-order valence-corrected chi connectivity index (χ4v) is 2.98. The van der Waals surface area contributed by atoms with Gasteiger partial charge in [0.2, 0.25) is 0 Å². The first-order valence-electron chi connectivity index (χ1n) is 6.05. The molecule has 0 heterocycles. The second-order valence-electron chi connectivity index (χ2n) is 5.58. The van der Waals surface area contributed by atoms with E-state index in [2.05, 4.69) is 0 Å². The first-order chi connectivity index (χ1) is 7.87. The van der Waals surface area contributed by atoms with Gasteiger partial charge in [0.15, 0.2) is 0 Å². The third kappa shape index (κ3) is 2.09. The van der Waals surface area contributed by atoms with E-state index in [0.717, 1.165) is 19.3 Å². The van der Waals surface area contributed by atoms with Crippen molar-refractivity contribution in [3.63, 3.8) is 0 Å². The first kappa shape index (κ1) is 12.8. The molecule has 1 unspecified atom stereocenters. The summed E-state index contributed by atoms with van der Waals surface area (Å²) in [6.07, 6.45) is 3.54. The summed E-state index contributed by atoms with van der Waals surface area (Å²) in [6, 6.07) is 4.53. The maximum atomic E-state index is 14.0. The van der Waals surface area contributed by atoms with E-state index in [-0.39, 0.29) is 5.41 Å². The van der Waals surface area contributed by atoms with Crippen LogP contribution in [0.4, 0.5) is 4.39 Å². The molecular weight excluding hydrogens is 239 g/mol. The quantitative estimate of drug-likeness (QED) is 0.796. The van der Waals surface area contributed by atoms with Crippen LogP contribution in [0.3, 0.4) is 0 Å². The zero-order valence-electron chi connectivity index (χ0n) is 10.3. The van der Waals surface area contributed by atoms with Crippen LogP contribution in [-0.4, -0.2) is 5.11 Å². The molecular formula is C14H18ClFO. The third-order valence-electron chi connectivity index (χ3n) is 4.09. The molecule has 1 fully saturated rings. The Morgan fingerprint density at radius 3 is 2.47 bits per heavy atom. The molecule has 1 atom stereocenters. The second kappa shape index (κ2) is 4.25. The molecule has 0 spiro atoms. The van der Waals surface area contributed by atoms with E-state index < -0.39 is 11.4 Å². The Morgan fingerprint density at radius 2 is 1.88 bits per heavy atom. The van der Waals surface area contributed by atoms with E-state index >= 15 is 0 Å². The molecule has 0 bridgehead atoms. The lowest BCUT2D eigenvalue weighted by Gasteiger charge is -2.47. The lowest BCUT2D eigenvalue weighted by molar-refractivity contribution is -0.106. The zero-order chi connectivity index (χ0) is 12.7. The van der Waals surface area contributed by atoms with Gasteiger partial charge in [0.1, 0.15) is 5.82 Å². The molecule has 1 saturated carbocycles. The Balaban J connectivity index is 2.49. The fraction of sp³-hybridized carbons (Fsp3) is 0.571. The smallest absolute Gasteiger partial charge is 0.130 e. The highest BCUT2D eigenvalue weighted by molar-refractivity contribution is 6.30. The highest BCUT2D eigenvalue weighted by Gasteiger charge is 2.47. The van der Waals surface area contributed by atoms with Crippen LogP contribution in [0.1, 0.15) is 45.1 Å². The van der Waals surface area contributed by atoms with Crippen molar-refractivity contribution >= 4 is 11.6 Å². The van der Waals surface area contributed by atoms with Gasteiger partial charge < -0.3 is 5.11 Å². The van der Waals surface area contributed by atoms with Crippen molar-refractivity contribution in [2.24, 2.45) is 5.41 Å². The molecule has 17 heavy (non-hydrogen) atoms. The Hall–Kier alpha value is -0.600. The summed E-state index contributed by atoms with van der Waals surface area (Å²) in [7, 11) is 0. The molecule has 1 N–H and O–H groups in total. The Labute approximate surface area is 107 Å². The summed E-state index contributed by atoms with van der Waals surface area (Å²) in [5.41, 5.74) is -1.01. The van der Waals surface area contributed by atoms with Gasteiger partial charge in [-0.15, -0.1) is 0 Å². The highest BCUT2D eigenvalue weighted by Crippen LogP contribution is 2.50. The molecule has 0 radical (unpaired) electrons. The minimum Gasteiger partial charge on any atom is -0.384 e. The normalized spacial score (nSPS) is 28.1. The van der Waals surface area contributed by atoms with Crippen molar-refractivity contribution in [3.05, 3.63) is 34.6 Å². The van der Waals surface area contributed by atoms with Crippen molar-refractivity contribution in [2.75, 3.05) is 0 Å². The maximum Gasteiger partial charge on any atom is 0.130 e. The molecule has 3 heteroatoms. The third-order valence-corrected chi connectivity index (χ3v) is 4.32. The standard InChI is InChI=1S/C14H18ClFO/c1-13(2)7-3-4-8-14(13,17)11-6-5-10(15)9-12(11)16/h5-6,9,17H,3-4,7-8H2,1-2H3. The second-order valence-corrected chi connectivity index (χ2v) is 6.01. The van der Waals surface area contributed by atoms with Crippen LogP contribution >= 0.6 is 11.6 Å². The Bertz CT molecular complexity index is 430. The molecule has 94 valence electrons. The van der Waals surface area contributed by atoms with Gasteiger partial charge >= 0.3 is 0 Å². The van der Waals surface area contributed by atoms with Crippen molar-refractivity contribution in [2.45, 2.75) is 45.1 Å². The number of halogens is 2. The number of benzene rings is 1. The van der Waals surface area contributed by atoms with Gasteiger partial charge in [-0.1, -0.05) is 44.4 Å². The van der Waals surface area contributed by atoms with E-state index in [9.17, 15) is 9.50 Å². The van der Waals surface area contributed by atoms with E-state index in [4.69, 9.17) is 11.6 Å². The molecule has 1 aliphatic rings. The summed E-state index contributed by atoms with van der Waals surface area (Å²) in [6.45, 7) is 4.00. The first-order valence-corrected chi connectivity index (χ1v) is 6.42. The average molecular weight is 257 g/mol. The van der Waals surface area contributed by atoms with Crippen LogP contribution in [0.5, 0.6) is 0 Å². The maximum absolute atomic E-state index is 14.0. The van der Waals surface area contributed by atoms with E-state index in [1.54, 1.807) is 12.1 Å². The minimum absolute atomic E-state index is 0.306. The topological polar surface area (TPSA) is 20.2 Å². The molecule has 0 amide bonds.